The van der Waals surface area contributed by atoms with Crippen LogP contribution in [0.25, 0.3) is 0 Å². The lowest BCUT2D eigenvalue weighted by Gasteiger charge is -2.02. The maximum atomic E-state index is 11.2. The molecular formula is C10H11ClN2O. The summed E-state index contributed by atoms with van der Waals surface area (Å²) in [7, 11) is 0. The van der Waals surface area contributed by atoms with Crippen molar-refractivity contribution in [1.82, 2.24) is 4.98 Å². The molecule has 4 heteroatoms. The molecule has 0 saturated carbocycles. The Morgan fingerprint density at radius 2 is 2.43 bits per heavy atom. The summed E-state index contributed by atoms with van der Waals surface area (Å²) in [5.41, 5.74) is 0. The summed E-state index contributed by atoms with van der Waals surface area (Å²) < 4.78 is 0. The molecule has 0 atom stereocenters. The van der Waals surface area contributed by atoms with Crippen molar-refractivity contribution in [3.05, 3.63) is 36.0 Å². The van der Waals surface area contributed by atoms with Gasteiger partial charge in [0, 0.05) is 6.42 Å². The monoisotopic (exact) mass is 210 g/mol. The van der Waals surface area contributed by atoms with E-state index in [1.807, 2.05) is 0 Å². The van der Waals surface area contributed by atoms with E-state index in [0.717, 1.165) is 0 Å². The number of amides is 1. The molecule has 14 heavy (non-hydrogen) atoms. The maximum absolute atomic E-state index is 11.2. The van der Waals surface area contributed by atoms with E-state index in [1.54, 1.807) is 24.3 Å². The number of pyridine rings is 1. The number of hydrogen-bond acceptors (Lipinski definition) is 2. The van der Waals surface area contributed by atoms with Gasteiger partial charge in [-0.2, -0.15) is 0 Å². The fourth-order valence-electron chi connectivity index (χ4n) is 0.916. The highest BCUT2D eigenvalue weighted by atomic mass is 35.5. The van der Waals surface area contributed by atoms with Crippen LogP contribution in [0.15, 0.2) is 30.9 Å². The van der Waals surface area contributed by atoms with E-state index in [1.165, 1.54) is 0 Å². The van der Waals surface area contributed by atoms with E-state index in [-0.39, 0.29) is 5.91 Å². The Morgan fingerprint density at radius 1 is 1.64 bits per heavy atom. The van der Waals surface area contributed by atoms with Crippen LogP contribution >= 0.6 is 11.6 Å². The highest BCUT2D eigenvalue weighted by molar-refractivity contribution is 6.29. The average molecular weight is 211 g/mol. The van der Waals surface area contributed by atoms with Crippen molar-refractivity contribution in [3.63, 3.8) is 0 Å². The van der Waals surface area contributed by atoms with Gasteiger partial charge in [-0.3, -0.25) is 4.79 Å². The van der Waals surface area contributed by atoms with Gasteiger partial charge in [0.1, 0.15) is 11.0 Å². The predicted molar refractivity (Wildman–Crippen MR) is 57.3 cm³/mol. The first-order chi connectivity index (χ1) is 6.72. The molecule has 0 radical (unpaired) electrons. The second-order valence-electron chi connectivity index (χ2n) is 2.72. The minimum absolute atomic E-state index is 0.0836. The lowest BCUT2D eigenvalue weighted by molar-refractivity contribution is -0.116. The van der Waals surface area contributed by atoms with Gasteiger partial charge in [-0.05, 0) is 18.6 Å². The predicted octanol–water partition coefficient (Wildman–Crippen LogP) is 2.64. The number of carbonyl (C=O) groups excluding carboxylic acids is 1. The van der Waals surface area contributed by atoms with E-state index < -0.39 is 0 Å². The number of halogens is 1. The summed E-state index contributed by atoms with van der Waals surface area (Å²) in [4.78, 5) is 15.2. The Bertz CT molecular complexity index is 339. The van der Waals surface area contributed by atoms with E-state index in [4.69, 9.17) is 11.6 Å². The zero-order valence-corrected chi connectivity index (χ0v) is 8.42. The average Bonchev–Trinajstić information content (AvgIpc) is 2.15. The standard InChI is InChI=1S/C10H11ClN2O/c1-2-3-7-10(14)13-9-6-4-5-8(11)12-9/h2,4-6H,1,3,7H2,(H,12,13,14). The van der Waals surface area contributed by atoms with E-state index in [2.05, 4.69) is 16.9 Å². The Labute approximate surface area is 87.8 Å². The Balaban J connectivity index is 2.51. The largest absolute Gasteiger partial charge is 0.311 e. The number of rotatable bonds is 4. The van der Waals surface area contributed by atoms with Crippen LogP contribution in [-0.4, -0.2) is 10.9 Å². The van der Waals surface area contributed by atoms with Crippen LogP contribution < -0.4 is 5.32 Å². The molecule has 1 heterocycles. The molecule has 0 spiro atoms. The van der Waals surface area contributed by atoms with Gasteiger partial charge in [0.25, 0.3) is 0 Å². The van der Waals surface area contributed by atoms with Crippen molar-refractivity contribution in [2.45, 2.75) is 12.8 Å². The smallest absolute Gasteiger partial charge is 0.225 e. The molecule has 1 N–H and O–H groups in total. The minimum Gasteiger partial charge on any atom is -0.311 e. The second-order valence-corrected chi connectivity index (χ2v) is 3.11. The Morgan fingerprint density at radius 3 is 3.07 bits per heavy atom. The Kier molecular flexibility index (Phi) is 4.13. The van der Waals surface area contributed by atoms with Gasteiger partial charge >= 0.3 is 0 Å². The number of allylic oxidation sites excluding steroid dienone is 1. The van der Waals surface area contributed by atoms with Crippen LogP contribution in [0.1, 0.15) is 12.8 Å². The molecule has 0 aliphatic carbocycles. The number of anilines is 1. The third-order valence-corrected chi connectivity index (χ3v) is 1.77. The normalized spacial score (nSPS) is 9.50. The number of aromatic nitrogens is 1. The summed E-state index contributed by atoms with van der Waals surface area (Å²) >= 11 is 5.65. The van der Waals surface area contributed by atoms with E-state index in [0.29, 0.717) is 23.8 Å². The second kappa shape index (κ2) is 5.40. The molecule has 1 rings (SSSR count). The quantitative estimate of drug-likeness (QED) is 0.613. The van der Waals surface area contributed by atoms with E-state index >= 15 is 0 Å². The number of nitrogens with one attached hydrogen (secondary N) is 1. The third-order valence-electron chi connectivity index (χ3n) is 1.56. The molecule has 3 nitrogen and oxygen atoms in total. The fraction of sp³-hybridized carbons (Fsp3) is 0.200. The summed E-state index contributed by atoms with van der Waals surface area (Å²) in [6.07, 6.45) is 2.77. The third kappa shape index (κ3) is 3.58. The first-order valence-corrected chi connectivity index (χ1v) is 4.63. The summed E-state index contributed by atoms with van der Waals surface area (Å²) in [5.74, 6) is 0.395. The SMILES string of the molecule is C=CCCC(=O)Nc1cccc(Cl)n1. The van der Waals surface area contributed by atoms with Crippen LogP contribution in [0, 0.1) is 0 Å². The molecule has 1 aromatic heterocycles. The maximum Gasteiger partial charge on any atom is 0.225 e. The van der Waals surface area contributed by atoms with Crippen molar-refractivity contribution >= 4 is 23.3 Å². The zero-order valence-electron chi connectivity index (χ0n) is 7.66. The number of hydrogen-bond donors (Lipinski definition) is 1. The molecule has 74 valence electrons. The lowest BCUT2D eigenvalue weighted by Crippen LogP contribution is -2.11. The van der Waals surface area contributed by atoms with Crippen LogP contribution in [0.4, 0.5) is 5.82 Å². The van der Waals surface area contributed by atoms with Gasteiger partial charge in [-0.1, -0.05) is 23.7 Å². The number of nitrogens with zero attached hydrogens (tertiary/aromatic N) is 1. The summed E-state index contributed by atoms with van der Waals surface area (Å²) in [6, 6.07) is 5.08. The van der Waals surface area contributed by atoms with Gasteiger partial charge in [-0.15, -0.1) is 6.58 Å². The molecule has 0 unspecified atom stereocenters. The summed E-state index contributed by atoms with van der Waals surface area (Å²) in [5, 5.41) is 3.00. The highest BCUT2D eigenvalue weighted by Crippen LogP contribution is 2.09. The molecule has 0 aromatic carbocycles. The minimum atomic E-state index is -0.0836. The fourth-order valence-corrected chi connectivity index (χ4v) is 1.08. The topological polar surface area (TPSA) is 42.0 Å². The molecule has 1 aromatic rings. The first kappa shape index (κ1) is 10.7. The van der Waals surface area contributed by atoms with Crippen molar-refractivity contribution in [3.8, 4) is 0 Å². The van der Waals surface area contributed by atoms with Crippen molar-refractivity contribution in [2.75, 3.05) is 5.32 Å². The van der Waals surface area contributed by atoms with Gasteiger partial charge in [-0.25, -0.2) is 4.98 Å². The van der Waals surface area contributed by atoms with Crippen molar-refractivity contribution in [2.24, 2.45) is 0 Å². The molecular weight excluding hydrogens is 200 g/mol. The van der Waals surface area contributed by atoms with Gasteiger partial charge in [0.2, 0.25) is 5.91 Å². The van der Waals surface area contributed by atoms with Gasteiger partial charge in [0.05, 0.1) is 0 Å². The summed E-state index contributed by atoms with van der Waals surface area (Å²) in [6.45, 7) is 3.54. The molecule has 0 bridgehead atoms. The lowest BCUT2D eigenvalue weighted by atomic mass is 10.3. The van der Waals surface area contributed by atoms with E-state index in [9.17, 15) is 4.79 Å². The first-order valence-electron chi connectivity index (χ1n) is 4.25. The van der Waals surface area contributed by atoms with Gasteiger partial charge < -0.3 is 5.32 Å². The Hall–Kier alpha value is -1.35. The van der Waals surface area contributed by atoms with Gasteiger partial charge in [0.15, 0.2) is 0 Å². The molecule has 0 aliphatic rings. The molecule has 0 aliphatic heterocycles. The van der Waals surface area contributed by atoms with Crippen LogP contribution in [-0.2, 0) is 4.79 Å². The molecule has 0 fully saturated rings. The molecule has 0 saturated heterocycles. The van der Waals surface area contributed by atoms with Crippen LogP contribution in [0.5, 0.6) is 0 Å². The highest BCUT2D eigenvalue weighted by Gasteiger charge is 2.01. The molecule has 1 amide bonds. The van der Waals surface area contributed by atoms with Crippen molar-refractivity contribution in [1.29, 1.82) is 0 Å². The van der Waals surface area contributed by atoms with Crippen molar-refractivity contribution < 1.29 is 4.79 Å². The van der Waals surface area contributed by atoms with Crippen LogP contribution in [0.2, 0.25) is 5.15 Å². The van der Waals surface area contributed by atoms with Crippen LogP contribution in [0.3, 0.4) is 0 Å². The zero-order chi connectivity index (χ0) is 10.4. The number of carbonyl (C=O) groups is 1.